The van der Waals surface area contributed by atoms with Crippen LogP contribution in [0.15, 0.2) is 35.5 Å². The van der Waals surface area contributed by atoms with Gasteiger partial charge in [-0.3, -0.25) is 0 Å². The molecule has 1 aliphatic carbocycles. The Bertz CT molecular complexity index is 840. The van der Waals surface area contributed by atoms with Crippen molar-refractivity contribution in [1.82, 2.24) is 9.97 Å². The average molecular weight is 414 g/mol. The second-order valence-corrected chi connectivity index (χ2v) is 9.78. The summed E-state index contributed by atoms with van der Waals surface area (Å²) in [4.78, 5) is 23.1. The number of hydrogen-bond acceptors (Lipinski definition) is 5. The van der Waals surface area contributed by atoms with Gasteiger partial charge in [-0.25, -0.2) is 14.8 Å². The van der Waals surface area contributed by atoms with Crippen LogP contribution in [0, 0.1) is 0 Å². The van der Waals surface area contributed by atoms with Gasteiger partial charge in [0.1, 0.15) is 5.82 Å². The topological polar surface area (TPSA) is 66.3 Å². The summed E-state index contributed by atoms with van der Waals surface area (Å²) in [5, 5.41) is 9.83. The molecular weight excluding hydrogens is 382 g/mol. The Morgan fingerprint density at radius 3 is 2.38 bits per heavy atom. The summed E-state index contributed by atoms with van der Waals surface area (Å²) in [7, 11) is 2.16. The maximum Gasteiger partial charge on any atom is 0.335 e. The lowest BCUT2D eigenvalue weighted by molar-refractivity contribution is 0.0697. The van der Waals surface area contributed by atoms with Crippen molar-refractivity contribution < 1.29 is 9.90 Å². The molecule has 0 atom stereocenters. The molecule has 2 aromatic rings. The summed E-state index contributed by atoms with van der Waals surface area (Å²) in [5.74, 6) is 0.807. The number of aromatic nitrogens is 2. The van der Waals surface area contributed by atoms with E-state index >= 15 is 0 Å². The van der Waals surface area contributed by atoms with E-state index < -0.39 is 5.97 Å². The van der Waals surface area contributed by atoms with Crippen molar-refractivity contribution in [1.29, 1.82) is 0 Å². The van der Waals surface area contributed by atoms with E-state index in [0.717, 1.165) is 22.2 Å². The Balaban J connectivity index is 1.80. The number of hydrogen-bond donors (Lipinski definition) is 1. The molecule has 156 valence electrons. The van der Waals surface area contributed by atoms with Crippen molar-refractivity contribution in [3.63, 3.8) is 0 Å². The summed E-state index contributed by atoms with van der Waals surface area (Å²) >= 11 is 1.60. The highest BCUT2D eigenvalue weighted by Gasteiger charge is 2.23. The molecule has 0 radical (unpaired) electrons. The Hall–Kier alpha value is -2.08. The molecule has 5 nitrogen and oxygen atoms in total. The van der Waals surface area contributed by atoms with Gasteiger partial charge in [0, 0.05) is 30.3 Å². The number of carboxylic acid groups (broad SMARTS) is 1. The van der Waals surface area contributed by atoms with E-state index in [9.17, 15) is 4.79 Å². The molecule has 29 heavy (non-hydrogen) atoms. The average Bonchev–Trinajstić information content (AvgIpc) is 2.71. The normalized spacial score (nSPS) is 15.3. The van der Waals surface area contributed by atoms with E-state index in [2.05, 4.69) is 38.8 Å². The fourth-order valence-electron chi connectivity index (χ4n) is 3.59. The number of carbonyl (C=O) groups is 1. The quantitative estimate of drug-likeness (QED) is 0.496. The van der Waals surface area contributed by atoms with Crippen LogP contribution in [-0.2, 0) is 11.2 Å². The Morgan fingerprint density at radius 1 is 1.14 bits per heavy atom. The summed E-state index contributed by atoms with van der Waals surface area (Å²) in [5.41, 5.74) is 2.37. The molecule has 0 spiro atoms. The van der Waals surface area contributed by atoms with Gasteiger partial charge in [0.2, 0.25) is 0 Å². The van der Waals surface area contributed by atoms with E-state index in [1.807, 2.05) is 12.1 Å². The second kappa shape index (κ2) is 9.16. The summed E-state index contributed by atoms with van der Waals surface area (Å²) in [6.07, 6.45) is 6.37. The first-order chi connectivity index (χ1) is 13.7. The minimum Gasteiger partial charge on any atom is -0.478 e. The van der Waals surface area contributed by atoms with Crippen molar-refractivity contribution in [2.24, 2.45) is 0 Å². The maximum atomic E-state index is 11.0. The zero-order valence-corrected chi connectivity index (χ0v) is 18.6. The van der Waals surface area contributed by atoms with Gasteiger partial charge in [0.25, 0.3) is 0 Å². The van der Waals surface area contributed by atoms with E-state index in [4.69, 9.17) is 15.1 Å². The molecule has 1 aliphatic rings. The fraction of sp³-hybridized carbons (Fsp3) is 0.522. The zero-order valence-electron chi connectivity index (χ0n) is 17.8. The van der Waals surface area contributed by atoms with Gasteiger partial charge in [0.05, 0.1) is 11.3 Å². The van der Waals surface area contributed by atoms with Crippen LogP contribution >= 0.6 is 11.8 Å². The third-order valence-electron chi connectivity index (χ3n) is 5.51. The van der Waals surface area contributed by atoms with Crippen LogP contribution in [0.25, 0.3) is 0 Å². The number of thioether (sulfide) groups is 1. The summed E-state index contributed by atoms with van der Waals surface area (Å²) in [6.45, 7) is 6.54. The minimum absolute atomic E-state index is 0.0520. The molecule has 1 saturated carbocycles. The van der Waals surface area contributed by atoms with Crippen LogP contribution < -0.4 is 4.90 Å². The van der Waals surface area contributed by atoms with Crippen LogP contribution in [0.2, 0.25) is 0 Å². The van der Waals surface area contributed by atoms with Crippen LogP contribution in [0.3, 0.4) is 0 Å². The van der Waals surface area contributed by atoms with E-state index in [0.29, 0.717) is 17.4 Å². The standard InChI is InChI=1S/C23H31N3O2S/c1-23(2,3)19-14-20(26(4)18-8-6-5-7-9-18)25-22(24-19)29-15-16-10-12-17(13-11-16)21(27)28/h10-14,18H,5-9,15H2,1-4H3,(H,27,28). The van der Waals surface area contributed by atoms with Gasteiger partial charge in [0.15, 0.2) is 5.16 Å². The van der Waals surface area contributed by atoms with Crippen molar-refractivity contribution in [3.05, 3.63) is 47.2 Å². The monoisotopic (exact) mass is 413 g/mol. The molecular formula is C23H31N3O2S. The van der Waals surface area contributed by atoms with Crippen LogP contribution in [-0.4, -0.2) is 34.1 Å². The number of anilines is 1. The first kappa shape index (κ1) is 21.6. The lowest BCUT2D eigenvalue weighted by Crippen LogP contribution is -2.34. The van der Waals surface area contributed by atoms with Crippen molar-refractivity contribution >= 4 is 23.5 Å². The van der Waals surface area contributed by atoms with E-state index in [-0.39, 0.29) is 5.41 Å². The Labute approximate surface area is 178 Å². The van der Waals surface area contributed by atoms with Gasteiger partial charge in [-0.05, 0) is 30.5 Å². The molecule has 0 bridgehead atoms. The molecule has 1 N–H and O–H groups in total. The fourth-order valence-corrected chi connectivity index (χ4v) is 4.40. The summed E-state index contributed by atoms with van der Waals surface area (Å²) < 4.78 is 0. The highest BCUT2D eigenvalue weighted by atomic mass is 32.2. The molecule has 1 fully saturated rings. The first-order valence-electron chi connectivity index (χ1n) is 10.3. The molecule has 6 heteroatoms. The van der Waals surface area contributed by atoms with E-state index in [1.54, 1.807) is 23.9 Å². The Kier molecular flexibility index (Phi) is 6.83. The molecule has 0 unspecified atom stereocenters. The molecule has 0 aliphatic heterocycles. The van der Waals surface area contributed by atoms with E-state index in [1.165, 1.54) is 32.1 Å². The minimum atomic E-state index is -0.902. The second-order valence-electron chi connectivity index (χ2n) is 8.84. The molecule has 1 aromatic heterocycles. The smallest absolute Gasteiger partial charge is 0.335 e. The SMILES string of the molecule is CN(c1cc(C(C)(C)C)nc(SCc2ccc(C(=O)O)cc2)n1)C1CCCCC1. The predicted octanol–water partition coefficient (Wildman–Crippen LogP) is 5.53. The van der Waals surface area contributed by atoms with Gasteiger partial charge in [-0.1, -0.05) is 63.9 Å². The number of carboxylic acids is 1. The first-order valence-corrected chi connectivity index (χ1v) is 11.3. The number of rotatable bonds is 6. The van der Waals surface area contributed by atoms with Crippen LogP contribution in [0.5, 0.6) is 0 Å². The third-order valence-corrected chi connectivity index (χ3v) is 6.43. The maximum absolute atomic E-state index is 11.0. The molecule has 1 aromatic carbocycles. The zero-order chi connectivity index (χ0) is 21.0. The van der Waals surface area contributed by atoms with Gasteiger partial charge >= 0.3 is 5.97 Å². The van der Waals surface area contributed by atoms with Gasteiger partial charge in [-0.15, -0.1) is 0 Å². The molecule has 0 amide bonds. The summed E-state index contributed by atoms with van der Waals surface area (Å²) in [6, 6.07) is 9.70. The lowest BCUT2D eigenvalue weighted by atomic mass is 9.91. The van der Waals surface area contributed by atoms with Crippen LogP contribution in [0.4, 0.5) is 5.82 Å². The van der Waals surface area contributed by atoms with Crippen molar-refractivity contribution in [2.75, 3.05) is 11.9 Å². The van der Waals surface area contributed by atoms with Gasteiger partial charge in [-0.2, -0.15) is 0 Å². The van der Waals surface area contributed by atoms with Crippen molar-refractivity contribution in [3.8, 4) is 0 Å². The van der Waals surface area contributed by atoms with Gasteiger partial charge < -0.3 is 10.0 Å². The Morgan fingerprint density at radius 2 is 1.79 bits per heavy atom. The predicted molar refractivity (Wildman–Crippen MR) is 119 cm³/mol. The lowest BCUT2D eigenvalue weighted by Gasteiger charge is -2.33. The van der Waals surface area contributed by atoms with Crippen LogP contribution in [0.1, 0.15) is 74.5 Å². The molecule has 3 rings (SSSR count). The molecule has 0 saturated heterocycles. The highest BCUT2D eigenvalue weighted by molar-refractivity contribution is 7.98. The highest BCUT2D eigenvalue weighted by Crippen LogP contribution is 2.31. The largest absolute Gasteiger partial charge is 0.478 e. The third kappa shape index (κ3) is 5.72. The number of nitrogens with zero attached hydrogens (tertiary/aromatic N) is 3. The molecule has 1 heterocycles. The van der Waals surface area contributed by atoms with Crippen molar-refractivity contribution in [2.45, 2.75) is 75.2 Å². The number of benzene rings is 1. The number of aromatic carboxylic acids is 1.